The maximum absolute atomic E-state index is 2.49. The van der Waals surface area contributed by atoms with E-state index in [4.69, 9.17) is 0 Å². The van der Waals surface area contributed by atoms with Gasteiger partial charge >= 0.3 is 0 Å². The van der Waals surface area contributed by atoms with E-state index in [0.717, 1.165) is 22.6 Å². The first-order chi connectivity index (χ1) is 35.2. The van der Waals surface area contributed by atoms with E-state index in [9.17, 15) is 0 Å². The quantitative estimate of drug-likeness (QED) is 0.158. The van der Waals surface area contributed by atoms with Crippen LogP contribution in [0.15, 0.2) is 261 Å². The lowest BCUT2D eigenvalue weighted by Crippen LogP contribution is -1.97. The second-order valence-electron chi connectivity index (χ2n) is 18.9. The molecule has 0 unspecified atom stereocenters. The fourth-order valence-electron chi connectivity index (χ4n) is 11.8. The van der Waals surface area contributed by atoms with Gasteiger partial charge in [-0.1, -0.05) is 182 Å². The first-order valence-corrected chi connectivity index (χ1v) is 24.5. The summed E-state index contributed by atoms with van der Waals surface area (Å²) >= 11 is 0. The number of fused-ring (bicyclic) bond motifs is 11. The fraction of sp³-hybridized carbons (Fsp3) is 0. The Morgan fingerprint density at radius 1 is 0.183 bits per heavy atom. The molecular formula is C68H43N3. The zero-order valence-corrected chi connectivity index (χ0v) is 38.7. The lowest BCUT2D eigenvalue weighted by molar-refractivity contribution is 1.15. The largest absolute Gasteiger partial charge is 0.309 e. The van der Waals surface area contributed by atoms with Crippen molar-refractivity contribution in [3.8, 4) is 50.4 Å². The van der Waals surface area contributed by atoms with Crippen LogP contribution in [0, 0.1) is 0 Å². The van der Waals surface area contributed by atoms with Crippen LogP contribution in [0.1, 0.15) is 0 Å². The zero-order valence-electron chi connectivity index (χ0n) is 38.7. The van der Waals surface area contributed by atoms with E-state index in [1.54, 1.807) is 0 Å². The van der Waals surface area contributed by atoms with E-state index < -0.39 is 0 Å². The van der Waals surface area contributed by atoms with Gasteiger partial charge in [0.1, 0.15) is 0 Å². The van der Waals surface area contributed by atoms with Crippen LogP contribution in [0.2, 0.25) is 0 Å². The van der Waals surface area contributed by atoms with Crippen LogP contribution >= 0.6 is 0 Å². The van der Waals surface area contributed by atoms with Crippen LogP contribution in [0.5, 0.6) is 0 Å². The molecule has 12 aromatic carbocycles. The highest BCUT2D eigenvalue weighted by Gasteiger charge is 2.20. The molecule has 0 radical (unpaired) electrons. The van der Waals surface area contributed by atoms with Crippen molar-refractivity contribution in [2.75, 3.05) is 0 Å². The van der Waals surface area contributed by atoms with Gasteiger partial charge in [-0.15, -0.1) is 0 Å². The molecule has 3 heterocycles. The molecule has 0 aliphatic carbocycles. The minimum absolute atomic E-state index is 1.12. The van der Waals surface area contributed by atoms with E-state index in [1.165, 1.54) is 115 Å². The van der Waals surface area contributed by atoms with Gasteiger partial charge < -0.3 is 13.7 Å². The van der Waals surface area contributed by atoms with Crippen LogP contribution in [-0.2, 0) is 0 Å². The van der Waals surface area contributed by atoms with E-state index in [0.29, 0.717) is 0 Å². The minimum atomic E-state index is 1.12. The molecule has 0 amide bonds. The molecule has 3 nitrogen and oxygen atoms in total. The van der Waals surface area contributed by atoms with Crippen LogP contribution < -0.4 is 0 Å². The summed E-state index contributed by atoms with van der Waals surface area (Å²) in [6, 6.07) is 96.2. The molecule has 330 valence electrons. The van der Waals surface area contributed by atoms with Gasteiger partial charge in [0.2, 0.25) is 0 Å². The topological polar surface area (TPSA) is 14.8 Å². The number of nitrogens with zero attached hydrogens (tertiary/aromatic N) is 3. The molecule has 15 aromatic rings. The molecule has 0 saturated heterocycles. The summed E-state index contributed by atoms with van der Waals surface area (Å²) in [4.78, 5) is 0. The molecule has 0 aliphatic heterocycles. The molecule has 3 aromatic heterocycles. The third kappa shape index (κ3) is 6.10. The Labute approximate surface area is 409 Å². The normalized spacial score (nSPS) is 11.9. The van der Waals surface area contributed by atoms with Crippen molar-refractivity contribution in [3.63, 3.8) is 0 Å². The van der Waals surface area contributed by atoms with Crippen molar-refractivity contribution >= 4 is 87.0 Å². The van der Waals surface area contributed by atoms with E-state index in [-0.39, 0.29) is 0 Å². The summed E-state index contributed by atoms with van der Waals surface area (Å²) < 4.78 is 7.34. The fourth-order valence-corrected chi connectivity index (χ4v) is 11.8. The van der Waals surface area contributed by atoms with Crippen molar-refractivity contribution in [3.05, 3.63) is 261 Å². The number of hydrogen-bond acceptors (Lipinski definition) is 0. The van der Waals surface area contributed by atoms with Gasteiger partial charge in [-0.3, -0.25) is 0 Å². The van der Waals surface area contributed by atoms with Crippen LogP contribution in [0.4, 0.5) is 0 Å². The highest BCUT2D eigenvalue weighted by atomic mass is 15.0. The van der Waals surface area contributed by atoms with Gasteiger partial charge in [0.25, 0.3) is 0 Å². The SMILES string of the molecule is c1ccc(-n2c3ccc(-c4cccc5ccccc45)cc3c3ccc(-c4ccc5c6cc(-c7cccc8ccccc78)ccc6n(-c6ccc7c8ccccc8n(-c8ccccc8)c7c6)c5c4)cc32)cc1. The number of aromatic nitrogens is 3. The predicted molar refractivity (Wildman–Crippen MR) is 301 cm³/mol. The Morgan fingerprint density at radius 3 is 1.11 bits per heavy atom. The Balaban J connectivity index is 0.962. The zero-order chi connectivity index (χ0) is 46.6. The standard InChI is InChI=1S/C68H43N3/c1-3-19-50(20-4-1)69-63-28-12-11-25-57(63)58-36-33-52(43-68(58)69)71-65-38-32-49(56-27-14-18-45-16-8-10-24-54(45)56)40-62(65)60-35-30-47(42-67(60)71)46-29-34-59-61-39-48(55-26-13-17-44-15-7-9-23-53(44)55)31-37-64(61)70(66(59)41-46)51-21-5-2-6-22-51/h1-43H. The monoisotopic (exact) mass is 901 g/mol. The van der Waals surface area contributed by atoms with Crippen LogP contribution in [0.3, 0.4) is 0 Å². The Hall–Kier alpha value is -9.44. The van der Waals surface area contributed by atoms with E-state index >= 15 is 0 Å². The molecule has 0 fully saturated rings. The van der Waals surface area contributed by atoms with Gasteiger partial charge in [0.05, 0.1) is 33.1 Å². The highest BCUT2D eigenvalue weighted by molar-refractivity contribution is 6.15. The van der Waals surface area contributed by atoms with E-state index in [1.807, 2.05) is 0 Å². The second kappa shape index (κ2) is 15.5. The van der Waals surface area contributed by atoms with Crippen molar-refractivity contribution in [1.82, 2.24) is 13.7 Å². The molecule has 0 spiro atoms. The molecule has 0 saturated carbocycles. The summed E-state index contributed by atoms with van der Waals surface area (Å²) in [5.74, 6) is 0. The molecule has 0 atom stereocenters. The smallest absolute Gasteiger partial charge is 0.0561 e. The third-order valence-electron chi connectivity index (χ3n) is 15.0. The second-order valence-corrected chi connectivity index (χ2v) is 18.9. The van der Waals surface area contributed by atoms with Crippen molar-refractivity contribution in [2.45, 2.75) is 0 Å². The predicted octanol–water partition coefficient (Wildman–Crippen LogP) is 18.3. The van der Waals surface area contributed by atoms with Gasteiger partial charge in [0, 0.05) is 49.4 Å². The Bertz CT molecular complexity index is 4620. The van der Waals surface area contributed by atoms with Crippen molar-refractivity contribution in [2.24, 2.45) is 0 Å². The van der Waals surface area contributed by atoms with Crippen LogP contribution in [-0.4, -0.2) is 13.7 Å². The average Bonchev–Trinajstić information content (AvgIpc) is 4.07. The summed E-state index contributed by atoms with van der Waals surface area (Å²) in [7, 11) is 0. The third-order valence-corrected chi connectivity index (χ3v) is 15.0. The Morgan fingerprint density at radius 2 is 0.563 bits per heavy atom. The average molecular weight is 902 g/mol. The van der Waals surface area contributed by atoms with Crippen molar-refractivity contribution in [1.29, 1.82) is 0 Å². The van der Waals surface area contributed by atoms with Gasteiger partial charge in [-0.2, -0.15) is 0 Å². The lowest BCUT2D eigenvalue weighted by Gasteiger charge is -2.12. The van der Waals surface area contributed by atoms with Crippen molar-refractivity contribution < 1.29 is 0 Å². The van der Waals surface area contributed by atoms with Gasteiger partial charge in [0.15, 0.2) is 0 Å². The molecule has 0 bridgehead atoms. The van der Waals surface area contributed by atoms with Gasteiger partial charge in [-0.05, 0) is 134 Å². The maximum atomic E-state index is 2.49. The van der Waals surface area contributed by atoms with E-state index in [2.05, 4.69) is 275 Å². The first-order valence-electron chi connectivity index (χ1n) is 24.5. The summed E-state index contributed by atoms with van der Waals surface area (Å²) in [5, 5.41) is 12.4. The summed E-state index contributed by atoms with van der Waals surface area (Å²) in [6.07, 6.45) is 0. The molecular weight excluding hydrogens is 859 g/mol. The molecule has 0 aliphatic rings. The minimum Gasteiger partial charge on any atom is -0.309 e. The number of benzene rings is 12. The van der Waals surface area contributed by atoms with Crippen LogP contribution in [0.25, 0.3) is 137 Å². The molecule has 71 heavy (non-hydrogen) atoms. The number of para-hydroxylation sites is 3. The summed E-state index contributed by atoms with van der Waals surface area (Å²) in [5.41, 5.74) is 17.7. The molecule has 15 rings (SSSR count). The highest BCUT2D eigenvalue weighted by Crippen LogP contribution is 2.43. The molecule has 0 N–H and O–H groups in total. The summed E-state index contributed by atoms with van der Waals surface area (Å²) in [6.45, 7) is 0. The first kappa shape index (κ1) is 39.5. The Kier molecular flexibility index (Phi) is 8.66. The maximum Gasteiger partial charge on any atom is 0.0561 e. The lowest BCUT2D eigenvalue weighted by atomic mass is 9.96. The number of rotatable bonds is 6. The number of hydrogen-bond donors (Lipinski definition) is 0. The molecule has 3 heteroatoms. The van der Waals surface area contributed by atoms with Gasteiger partial charge in [-0.25, -0.2) is 0 Å².